The third kappa shape index (κ3) is 4.26. The van der Waals surface area contributed by atoms with Gasteiger partial charge in [-0.15, -0.1) is 0 Å². The molecule has 7 nitrogen and oxygen atoms in total. The number of halogens is 1. The Morgan fingerprint density at radius 3 is 2.93 bits per heavy atom. The highest BCUT2D eigenvalue weighted by molar-refractivity contribution is 5.94. The molecule has 0 spiro atoms. The lowest BCUT2D eigenvalue weighted by Gasteiger charge is -2.32. The topological polar surface area (TPSA) is 81.4 Å². The molecule has 0 bridgehead atoms. The van der Waals surface area contributed by atoms with Gasteiger partial charge in [-0.05, 0) is 37.0 Å². The molecule has 1 saturated heterocycles. The van der Waals surface area contributed by atoms with Crippen LogP contribution in [-0.4, -0.2) is 46.1 Å². The summed E-state index contributed by atoms with van der Waals surface area (Å²) >= 11 is 0. The zero-order valence-electron chi connectivity index (χ0n) is 16.0. The number of benzene rings is 1. The van der Waals surface area contributed by atoms with Crippen LogP contribution in [0.1, 0.15) is 29.1 Å². The standard InChI is InChI=1S/C21H21FN4O3/c1-28-18-9-8-15(12-23-18)21(27)26-10-4-5-14(13-26)11-19-24-20(25-29-19)16-6-2-3-7-17(16)22/h2-3,6-9,12,14H,4-5,10-11,13H2,1H3/t14-/m0/s1. The third-order valence-corrected chi connectivity index (χ3v) is 5.04. The number of carbonyl (C=O) groups excluding carboxylic acids is 1. The summed E-state index contributed by atoms with van der Waals surface area (Å²) in [6.45, 7) is 1.30. The highest BCUT2D eigenvalue weighted by Crippen LogP contribution is 2.24. The van der Waals surface area contributed by atoms with Gasteiger partial charge in [-0.2, -0.15) is 4.98 Å². The van der Waals surface area contributed by atoms with E-state index in [9.17, 15) is 9.18 Å². The van der Waals surface area contributed by atoms with Gasteiger partial charge in [-0.25, -0.2) is 9.37 Å². The van der Waals surface area contributed by atoms with Crippen LogP contribution in [0, 0.1) is 11.7 Å². The van der Waals surface area contributed by atoms with Crippen molar-refractivity contribution in [1.29, 1.82) is 0 Å². The van der Waals surface area contributed by atoms with Gasteiger partial charge in [0.25, 0.3) is 5.91 Å². The number of carbonyl (C=O) groups is 1. The normalized spacial score (nSPS) is 16.6. The van der Waals surface area contributed by atoms with E-state index in [-0.39, 0.29) is 23.5 Å². The van der Waals surface area contributed by atoms with Gasteiger partial charge >= 0.3 is 0 Å². The van der Waals surface area contributed by atoms with Crippen LogP contribution in [0.3, 0.4) is 0 Å². The number of rotatable bonds is 5. The van der Waals surface area contributed by atoms with Crippen LogP contribution < -0.4 is 4.74 Å². The molecule has 4 rings (SSSR count). The zero-order chi connectivity index (χ0) is 20.2. The van der Waals surface area contributed by atoms with Gasteiger partial charge in [-0.3, -0.25) is 4.79 Å². The Morgan fingerprint density at radius 2 is 2.17 bits per heavy atom. The lowest BCUT2D eigenvalue weighted by Crippen LogP contribution is -2.40. The van der Waals surface area contributed by atoms with Gasteiger partial charge in [0.15, 0.2) is 0 Å². The first-order valence-electron chi connectivity index (χ1n) is 9.51. The van der Waals surface area contributed by atoms with Crippen molar-refractivity contribution in [3.05, 3.63) is 59.9 Å². The molecule has 3 aromatic rings. The average Bonchev–Trinajstić information content (AvgIpc) is 3.22. The van der Waals surface area contributed by atoms with Gasteiger partial charge in [0, 0.05) is 31.8 Å². The van der Waals surface area contributed by atoms with Crippen LogP contribution in [0.25, 0.3) is 11.4 Å². The molecule has 0 aliphatic carbocycles. The molecule has 29 heavy (non-hydrogen) atoms. The summed E-state index contributed by atoms with van der Waals surface area (Å²) < 4.78 is 24.3. The second-order valence-corrected chi connectivity index (χ2v) is 7.04. The first-order chi connectivity index (χ1) is 14.1. The molecule has 3 heterocycles. The molecule has 1 aliphatic rings. The first kappa shape index (κ1) is 19.0. The van der Waals surface area contributed by atoms with E-state index in [0.29, 0.717) is 42.4 Å². The number of hydrogen-bond donors (Lipinski definition) is 0. The zero-order valence-corrected chi connectivity index (χ0v) is 16.0. The Morgan fingerprint density at radius 1 is 1.31 bits per heavy atom. The Balaban J connectivity index is 1.41. The van der Waals surface area contributed by atoms with E-state index >= 15 is 0 Å². The first-order valence-corrected chi connectivity index (χ1v) is 9.51. The van der Waals surface area contributed by atoms with Crippen molar-refractivity contribution < 1.29 is 18.4 Å². The lowest BCUT2D eigenvalue weighted by molar-refractivity contribution is 0.0667. The fourth-order valence-corrected chi connectivity index (χ4v) is 3.56. The highest BCUT2D eigenvalue weighted by atomic mass is 19.1. The van der Waals surface area contributed by atoms with Crippen LogP contribution in [0.15, 0.2) is 47.1 Å². The summed E-state index contributed by atoms with van der Waals surface area (Å²) in [5, 5.41) is 3.90. The number of pyridine rings is 1. The van der Waals surface area contributed by atoms with Crippen molar-refractivity contribution in [1.82, 2.24) is 20.0 Å². The summed E-state index contributed by atoms with van der Waals surface area (Å²) in [6.07, 6.45) is 3.94. The van der Waals surface area contributed by atoms with Gasteiger partial charge in [0.2, 0.25) is 17.6 Å². The van der Waals surface area contributed by atoms with Crippen molar-refractivity contribution in [2.45, 2.75) is 19.3 Å². The molecule has 0 saturated carbocycles. The summed E-state index contributed by atoms with van der Waals surface area (Å²) in [4.78, 5) is 23.0. The number of aromatic nitrogens is 3. The van der Waals surface area contributed by atoms with E-state index < -0.39 is 0 Å². The SMILES string of the molecule is COc1ccc(C(=O)N2CCC[C@@H](Cc3nc(-c4ccccc4F)no3)C2)cn1. The van der Waals surface area contributed by atoms with Gasteiger partial charge < -0.3 is 14.2 Å². The van der Waals surface area contributed by atoms with Crippen LogP contribution in [0.4, 0.5) is 4.39 Å². The van der Waals surface area contributed by atoms with Crippen LogP contribution in [0.2, 0.25) is 0 Å². The molecule has 1 fully saturated rings. The second-order valence-electron chi connectivity index (χ2n) is 7.04. The predicted molar refractivity (Wildman–Crippen MR) is 103 cm³/mol. The van der Waals surface area contributed by atoms with Gasteiger partial charge in [0.05, 0.1) is 18.2 Å². The summed E-state index contributed by atoms with van der Waals surface area (Å²) in [7, 11) is 1.54. The smallest absolute Gasteiger partial charge is 0.255 e. The van der Waals surface area contributed by atoms with Crippen LogP contribution in [-0.2, 0) is 6.42 Å². The highest BCUT2D eigenvalue weighted by Gasteiger charge is 2.26. The maximum absolute atomic E-state index is 13.9. The Labute approximate surface area is 167 Å². The molecule has 1 atom stereocenters. The largest absolute Gasteiger partial charge is 0.481 e. The Bertz CT molecular complexity index is 990. The van der Waals surface area contributed by atoms with Gasteiger partial charge in [-0.1, -0.05) is 17.3 Å². The van der Waals surface area contributed by atoms with Crippen molar-refractivity contribution in [2.24, 2.45) is 5.92 Å². The number of hydrogen-bond acceptors (Lipinski definition) is 6. The quantitative estimate of drug-likeness (QED) is 0.658. The van der Waals surface area contributed by atoms with Crippen molar-refractivity contribution >= 4 is 5.91 Å². The van der Waals surface area contributed by atoms with Crippen LogP contribution in [0.5, 0.6) is 5.88 Å². The summed E-state index contributed by atoms with van der Waals surface area (Å²) in [5.41, 5.74) is 0.848. The molecule has 1 aromatic carbocycles. The molecule has 0 unspecified atom stereocenters. The Kier molecular flexibility index (Phi) is 5.50. The van der Waals surface area contributed by atoms with E-state index in [1.54, 1.807) is 30.3 Å². The van der Waals surface area contributed by atoms with E-state index in [2.05, 4.69) is 15.1 Å². The van der Waals surface area contributed by atoms with Crippen LogP contribution >= 0.6 is 0 Å². The average molecular weight is 396 g/mol. The number of piperidine rings is 1. The van der Waals surface area contributed by atoms with E-state index in [1.807, 2.05) is 4.90 Å². The molecule has 0 N–H and O–H groups in total. The minimum absolute atomic E-state index is 0.0533. The van der Waals surface area contributed by atoms with E-state index in [1.165, 1.54) is 19.4 Å². The minimum Gasteiger partial charge on any atom is -0.481 e. The van der Waals surface area contributed by atoms with Gasteiger partial charge in [0.1, 0.15) is 5.82 Å². The molecular formula is C21H21FN4O3. The van der Waals surface area contributed by atoms with E-state index in [4.69, 9.17) is 9.26 Å². The molecule has 1 amide bonds. The minimum atomic E-state index is -0.387. The number of methoxy groups -OCH3 is 1. The second kappa shape index (κ2) is 8.38. The lowest BCUT2D eigenvalue weighted by atomic mass is 9.94. The van der Waals surface area contributed by atoms with Crippen molar-refractivity contribution in [2.75, 3.05) is 20.2 Å². The maximum Gasteiger partial charge on any atom is 0.255 e. The summed E-state index contributed by atoms with van der Waals surface area (Å²) in [6, 6.07) is 9.73. The molecule has 8 heteroatoms. The Hall–Kier alpha value is -3.29. The number of likely N-dealkylation sites (tertiary alicyclic amines) is 1. The predicted octanol–water partition coefficient (Wildman–Crippen LogP) is 3.37. The number of amides is 1. The maximum atomic E-state index is 13.9. The molecule has 1 aliphatic heterocycles. The molecule has 2 aromatic heterocycles. The molecular weight excluding hydrogens is 375 g/mol. The number of nitrogens with zero attached hydrogens (tertiary/aromatic N) is 4. The van der Waals surface area contributed by atoms with E-state index in [0.717, 1.165) is 12.8 Å². The molecule has 0 radical (unpaired) electrons. The summed E-state index contributed by atoms with van der Waals surface area (Å²) in [5.74, 6) is 0.928. The fraction of sp³-hybridized carbons (Fsp3) is 0.333. The monoisotopic (exact) mass is 396 g/mol. The molecule has 150 valence electrons. The third-order valence-electron chi connectivity index (χ3n) is 5.04. The van der Waals surface area contributed by atoms with Crippen molar-refractivity contribution in [3.63, 3.8) is 0 Å². The van der Waals surface area contributed by atoms with Crippen molar-refractivity contribution in [3.8, 4) is 17.3 Å². The number of ether oxygens (including phenoxy) is 1. The fourth-order valence-electron chi connectivity index (χ4n) is 3.56.